The molecule has 36 heavy (non-hydrogen) atoms. The van der Waals surface area contributed by atoms with E-state index in [1.807, 2.05) is 24.3 Å². The molecule has 198 valence electrons. The molecule has 0 aliphatic rings. The topological polar surface area (TPSA) is 164 Å². The van der Waals surface area contributed by atoms with E-state index in [1.165, 1.54) is 6.33 Å². The second-order valence-corrected chi connectivity index (χ2v) is 7.30. The molecule has 13 nitrogen and oxygen atoms in total. The number of carboxylic acids is 1. The van der Waals surface area contributed by atoms with Gasteiger partial charge < -0.3 is 34.1 Å². The molecule has 1 heterocycles. The molecule has 0 saturated carbocycles. The van der Waals surface area contributed by atoms with E-state index < -0.39 is 5.97 Å². The number of amides is 1. The Hall–Kier alpha value is -3.10. The molecule has 0 unspecified atom stereocenters. The average Bonchev–Trinajstić information content (AvgIpc) is 2.90. The molecule has 1 aromatic heterocycles. The molecule has 2 aromatic rings. The summed E-state index contributed by atoms with van der Waals surface area (Å²) in [5.74, 6) is -0.531. The highest BCUT2D eigenvalue weighted by atomic mass is 16.6. The van der Waals surface area contributed by atoms with Crippen LogP contribution in [0.5, 0.6) is 0 Å². The zero-order valence-corrected chi connectivity index (χ0v) is 20.2. The third-order valence-electron chi connectivity index (χ3n) is 4.53. The Balaban J connectivity index is 1.34. The first kappa shape index (κ1) is 29.1. The molecular weight excluding hydrogens is 474 g/mol. The molecule has 0 saturated heterocycles. The lowest BCUT2D eigenvalue weighted by molar-refractivity contribution is -0.138. The van der Waals surface area contributed by atoms with Crippen LogP contribution >= 0.6 is 0 Å². The van der Waals surface area contributed by atoms with Crippen LogP contribution < -0.4 is 5.32 Å². The van der Waals surface area contributed by atoms with Gasteiger partial charge in [0.25, 0.3) is 0 Å². The first-order chi connectivity index (χ1) is 17.6. The van der Waals surface area contributed by atoms with Crippen molar-refractivity contribution in [3.8, 4) is 11.4 Å². The summed E-state index contributed by atoms with van der Waals surface area (Å²) in [5, 5.41) is 26.5. The number of hydrogen-bond acceptors (Lipinski definition) is 11. The van der Waals surface area contributed by atoms with Crippen LogP contribution in [0.4, 0.5) is 0 Å². The molecule has 0 aliphatic carbocycles. The maximum atomic E-state index is 12.0. The Kier molecular flexibility index (Phi) is 15.5. The minimum Gasteiger partial charge on any atom is -0.481 e. The third kappa shape index (κ3) is 14.3. The van der Waals surface area contributed by atoms with E-state index in [0.29, 0.717) is 71.8 Å². The number of ether oxygens (including phenoxy) is 5. The molecule has 0 bridgehead atoms. The van der Waals surface area contributed by atoms with Gasteiger partial charge in [0.15, 0.2) is 6.33 Å². The van der Waals surface area contributed by atoms with Gasteiger partial charge in [-0.25, -0.2) is 0 Å². The van der Waals surface area contributed by atoms with Gasteiger partial charge in [-0.3, -0.25) is 9.59 Å². The van der Waals surface area contributed by atoms with Crippen LogP contribution in [0.25, 0.3) is 11.4 Å². The van der Waals surface area contributed by atoms with Crippen molar-refractivity contribution < 1.29 is 38.4 Å². The van der Waals surface area contributed by atoms with Crippen molar-refractivity contribution in [2.45, 2.75) is 19.4 Å². The summed E-state index contributed by atoms with van der Waals surface area (Å²) in [6, 6.07) is 7.48. The minimum atomic E-state index is -0.882. The quantitative estimate of drug-likeness (QED) is 0.225. The molecule has 0 aliphatic heterocycles. The van der Waals surface area contributed by atoms with Crippen molar-refractivity contribution in [1.82, 2.24) is 25.7 Å². The number of benzene rings is 1. The van der Waals surface area contributed by atoms with Gasteiger partial charge in [-0.05, 0) is 5.56 Å². The number of carboxylic acid groups (broad SMARTS) is 1. The second-order valence-electron chi connectivity index (χ2n) is 7.30. The van der Waals surface area contributed by atoms with Gasteiger partial charge in [0.05, 0.1) is 72.5 Å². The molecule has 0 atom stereocenters. The number of rotatable bonds is 21. The van der Waals surface area contributed by atoms with Gasteiger partial charge in [0.1, 0.15) is 0 Å². The molecule has 1 amide bonds. The predicted molar refractivity (Wildman–Crippen MR) is 126 cm³/mol. The van der Waals surface area contributed by atoms with Gasteiger partial charge in [0, 0.05) is 18.5 Å². The van der Waals surface area contributed by atoms with Crippen LogP contribution in [0, 0.1) is 0 Å². The maximum Gasteiger partial charge on any atom is 0.305 e. The summed E-state index contributed by atoms with van der Waals surface area (Å²) in [5.41, 5.74) is 1.75. The number of hydrogen-bond donors (Lipinski definition) is 2. The van der Waals surface area contributed by atoms with Gasteiger partial charge in [-0.1, -0.05) is 24.3 Å². The van der Waals surface area contributed by atoms with E-state index in [9.17, 15) is 9.59 Å². The summed E-state index contributed by atoms with van der Waals surface area (Å²) in [7, 11) is 0. The predicted octanol–water partition coefficient (Wildman–Crippen LogP) is 0.498. The first-order valence-corrected chi connectivity index (χ1v) is 11.6. The van der Waals surface area contributed by atoms with E-state index in [0.717, 1.165) is 11.1 Å². The molecule has 2 N–H and O–H groups in total. The van der Waals surface area contributed by atoms with Crippen molar-refractivity contribution >= 4 is 11.9 Å². The van der Waals surface area contributed by atoms with E-state index in [4.69, 9.17) is 28.8 Å². The van der Waals surface area contributed by atoms with E-state index >= 15 is 0 Å². The van der Waals surface area contributed by atoms with Crippen LogP contribution in [0.3, 0.4) is 0 Å². The number of aliphatic carboxylic acids is 1. The van der Waals surface area contributed by atoms with Gasteiger partial charge >= 0.3 is 5.97 Å². The Morgan fingerprint density at radius 3 is 1.67 bits per heavy atom. The number of carbonyl (C=O) groups excluding carboxylic acids is 1. The fraction of sp³-hybridized carbons (Fsp3) is 0.565. The van der Waals surface area contributed by atoms with Crippen molar-refractivity contribution in [1.29, 1.82) is 0 Å². The Morgan fingerprint density at radius 2 is 1.17 bits per heavy atom. The van der Waals surface area contributed by atoms with Gasteiger partial charge in [-0.15, -0.1) is 20.4 Å². The minimum absolute atomic E-state index is 0.0106. The lowest BCUT2D eigenvalue weighted by Gasteiger charge is -2.08. The van der Waals surface area contributed by atoms with E-state index in [2.05, 4.69) is 25.7 Å². The molecule has 0 fully saturated rings. The van der Waals surface area contributed by atoms with Crippen LogP contribution in [0.2, 0.25) is 0 Å². The Labute approximate surface area is 209 Å². The smallest absolute Gasteiger partial charge is 0.305 e. The number of nitrogens with one attached hydrogen (secondary N) is 1. The SMILES string of the molecule is O=C(O)CCOCCOCCOCCOCCOCCC(=O)NCc1ccc(-c2nncnn2)cc1. The van der Waals surface area contributed by atoms with Crippen molar-refractivity contribution in [3.63, 3.8) is 0 Å². The highest BCUT2D eigenvalue weighted by Crippen LogP contribution is 2.13. The first-order valence-electron chi connectivity index (χ1n) is 11.6. The van der Waals surface area contributed by atoms with Crippen molar-refractivity contribution in [2.75, 3.05) is 66.1 Å². The summed E-state index contributed by atoms with van der Waals surface area (Å²) < 4.78 is 26.6. The molecule has 0 radical (unpaired) electrons. The molecule has 2 rings (SSSR count). The van der Waals surface area contributed by atoms with Gasteiger partial charge in [-0.2, -0.15) is 0 Å². The maximum absolute atomic E-state index is 12.0. The second kappa shape index (κ2) is 19.1. The van der Waals surface area contributed by atoms with Crippen LogP contribution in [0.15, 0.2) is 30.6 Å². The standard InChI is InChI=1S/C23H33N5O8/c29-21(24-17-19-1-3-20(4-2-19)23-27-25-18-26-28-23)5-7-32-9-11-34-13-15-36-16-14-35-12-10-33-8-6-22(30)31/h1-4,18H,5-17H2,(H,24,29)(H,30,31). The van der Waals surface area contributed by atoms with E-state index in [1.54, 1.807) is 0 Å². The average molecular weight is 508 g/mol. The zero-order chi connectivity index (χ0) is 25.7. The van der Waals surface area contributed by atoms with Gasteiger partial charge in [0.2, 0.25) is 11.7 Å². The van der Waals surface area contributed by atoms with E-state index in [-0.39, 0.29) is 25.4 Å². The third-order valence-corrected chi connectivity index (χ3v) is 4.53. The number of aromatic nitrogens is 4. The van der Waals surface area contributed by atoms with Crippen molar-refractivity contribution in [3.05, 3.63) is 36.2 Å². The fourth-order valence-electron chi connectivity index (χ4n) is 2.69. The lowest BCUT2D eigenvalue weighted by atomic mass is 10.1. The summed E-state index contributed by atoms with van der Waals surface area (Å²) in [6.45, 7) is 4.20. The molecular formula is C23H33N5O8. The van der Waals surface area contributed by atoms with Crippen LogP contribution in [-0.4, -0.2) is 103 Å². The summed E-state index contributed by atoms with van der Waals surface area (Å²) >= 11 is 0. The Bertz CT molecular complexity index is 857. The monoisotopic (exact) mass is 507 g/mol. The van der Waals surface area contributed by atoms with Crippen molar-refractivity contribution in [2.24, 2.45) is 0 Å². The van der Waals surface area contributed by atoms with Crippen LogP contribution in [-0.2, 0) is 39.8 Å². The Morgan fingerprint density at radius 1 is 0.694 bits per heavy atom. The normalized spacial score (nSPS) is 10.9. The number of carbonyl (C=O) groups is 2. The molecule has 1 aromatic carbocycles. The molecule has 13 heteroatoms. The highest BCUT2D eigenvalue weighted by molar-refractivity contribution is 5.76. The summed E-state index contributed by atoms with van der Waals surface area (Å²) in [4.78, 5) is 22.3. The largest absolute Gasteiger partial charge is 0.481 e. The highest BCUT2D eigenvalue weighted by Gasteiger charge is 2.04. The molecule has 0 spiro atoms. The zero-order valence-electron chi connectivity index (χ0n) is 20.2. The lowest BCUT2D eigenvalue weighted by Crippen LogP contribution is -2.24. The van der Waals surface area contributed by atoms with Crippen LogP contribution in [0.1, 0.15) is 18.4 Å². The fourth-order valence-corrected chi connectivity index (χ4v) is 2.69. The number of nitrogens with zero attached hydrogens (tertiary/aromatic N) is 4. The summed E-state index contributed by atoms with van der Waals surface area (Å²) in [6.07, 6.45) is 1.53.